The molecule has 0 aromatic heterocycles. The summed E-state index contributed by atoms with van der Waals surface area (Å²) < 4.78 is 74.2. The summed E-state index contributed by atoms with van der Waals surface area (Å²) in [7, 11) is 0.814. The number of rotatable bonds is 2. The monoisotopic (exact) mass is 271 g/mol. The molecule has 2 nitrogen and oxygen atoms in total. The molecule has 0 fully saturated rings. The second-order valence-electron chi connectivity index (χ2n) is 3.53. The van der Waals surface area contributed by atoms with Gasteiger partial charge in [-0.05, 0) is 12.1 Å². The van der Waals surface area contributed by atoms with E-state index in [1.54, 1.807) is 0 Å². The van der Waals surface area contributed by atoms with Gasteiger partial charge in [0.05, 0.1) is 0 Å². The van der Waals surface area contributed by atoms with E-state index in [0.717, 1.165) is 7.05 Å². The second kappa shape index (κ2) is 4.87. The summed E-state index contributed by atoms with van der Waals surface area (Å²) in [4.78, 5) is 11.6. The van der Waals surface area contributed by atoms with Crippen LogP contribution in [0.15, 0.2) is 12.1 Å². The molecule has 0 heterocycles. The summed E-state index contributed by atoms with van der Waals surface area (Å²) in [5, 5.41) is 0. The number of nitrogens with zero attached hydrogens (tertiary/aromatic N) is 1. The highest BCUT2D eigenvalue weighted by molar-refractivity contribution is 5.94. The van der Waals surface area contributed by atoms with Crippen LogP contribution in [-0.4, -0.2) is 30.6 Å². The lowest BCUT2D eigenvalue weighted by Crippen LogP contribution is -2.35. The van der Waals surface area contributed by atoms with E-state index in [-0.39, 0.29) is 4.90 Å². The standard InChI is InChI=1S/C10H7F6NO/c1-17(4-10(14,15)16)9(18)5-2-6(11)8(13)7(12)3-5/h2-3H,4H2,1H3. The van der Waals surface area contributed by atoms with Gasteiger partial charge in [-0.25, -0.2) is 13.2 Å². The minimum absolute atomic E-state index is 0.228. The lowest BCUT2D eigenvalue weighted by Gasteiger charge is -2.19. The van der Waals surface area contributed by atoms with Crippen molar-refractivity contribution in [3.8, 4) is 0 Å². The van der Waals surface area contributed by atoms with E-state index >= 15 is 0 Å². The fourth-order valence-corrected chi connectivity index (χ4v) is 1.24. The molecule has 100 valence electrons. The molecular formula is C10H7F6NO. The number of amides is 1. The molecule has 1 rings (SSSR count). The zero-order valence-electron chi connectivity index (χ0n) is 8.99. The number of carbonyl (C=O) groups excluding carboxylic acids is 1. The van der Waals surface area contributed by atoms with Crippen molar-refractivity contribution in [1.29, 1.82) is 0 Å². The Bertz CT molecular complexity index is 447. The maximum atomic E-state index is 12.8. The van der Waals surface area contributed by atoms with Gasteiger partial charge in [-0.2, -0.15) is 13.2 Å². The minimum Gasteiger partial charge on any atom is -0.333 e. The van der Waals surface area contributed by atoms with E-state index in [1.807, 2.05) is 0 Å². The van der Waals surface area contributed by atoms with Crippen LogP contribution in [0, 0.1) is 17.5 Å². The third-order valence-electron chi connectivity index (χ3n) is 1.99. The van der Waals surface area contributed by atoms with Crippen molar-refractivity contribution in [2.75, 3.05) is 13.6 Å². The molecule has 0 atom stereocenters. The molecule has 0 aliphatic heterocycles. The summed E-state index contributed by atoms with van der Waals surface area (Å²) in [6.45, 7) is -1.58. The fourth-order valence-electron chi connectivity index (χ4n) is 1.24. The topological polar surface area (TPSA) is 20.3 Å². The Hall–Kier alpha value is -1.73. The van der Waals surface area contributed by atoms with Crippen molar-refractivity contribution in [2.45, 2.75) is 6.18 Å². The summed E-state index contributed by atoms with van der Waals surface area (Å²) in [5.41, 5.74) is -0.696. The van der Waals surface area contributed by atoms with E-state index in [2.05, 4.69) is 0 Å². The number of alkyl halides is 3. The van der Waals surface area contributed by atoms with Crippen LogP contribution in [0.1, 0.15) is 10.4 Å². The van der Waals surface area contributed by atoms with Crippen LogP contribution < -0.4 is 0 Å². The van der Waals surface area contributed by atoms with Gasteiger partial charge in [0.1, 0.15) is 6.54 Å². The lowest BCUT2D eigenvalue weighted by molar-refractivity contribution is -0.138. The van der Waals surface area contributed by atoms with Gasteiger partial charge in [0.2, 0.25) is 0 Å². The third kappa shape index (κ3) is 3.38. The fraction of sp³-hybridized carbons (Fsp3) is 0.300. The van der Waals surface area contributed by atoms with E-state index < -0.39 is 41.6 Å². The SMILES string of the molecule is CN(CC(F)(F)F)C(=O)c1cc(F)c(F)c(F)c1. The highest BCUT2D eigenvalue weighted by Gasteiger charge is 2.31. The number of benzene rings is 1. The normalized spacial score (nSPS) is 11.5. The Morgan fingerprint density at radius 1 is 1.17 bits per heavy atom. The van der Waals surface area contributed by atoms with Crippen LogP contribution in [0.2, 0.25) is 0 Å². The summed E-state index contributed by atoms with van der Waals surface area (Å²) in [6.07, 6.45) is -4.64. The Balaban J connectivity index is 2.98. The predicted molar refractivity (Wildman–Crippen MR) is 49.3 cm³/mol. The van der Waals surface area contributed by atoms with E-state index in [4.69, 9.17) is 0 Å². The first-order valence-electron chi connectivity index (χ1n) is 4.58. The maximum absolute atomic E-state index is 12.8. The summed E-state index contributed by atoms with van der Waals surface area (Å²) in [6, 6.07) is 0.682. The summed E-state index contributed by atoms with van der Waals surface area (Å²) >= 11 is 0. The number of hydrogen-bond acceptors (Lipinski definition) is 1. The van der Waals surface area contributed by atoms with Crippen LogP contribution in [0.25, 0.3) is 0 Å². The molecule has 0 radical (unpaired) electrons. The third-order valence-corrected chi connectivity index (χ3v) is 1.99. The highest BCUT2D eigenvalue weighted by Crippen LogP contribution is 2.19. The van der Waals surface area contributed by atoms with Gasteiger partial charge < -0.3 is 4.90 Å². The molecular weight excluding hydrogens is 264 g/mol. The van der Waals surface area contributed by atoms with Crippen molar-refractivity contribution in [2.24, 2.45) is 0 Å². The highest BCUT2D eigenvalue weighted by atomic mass is 19.4. The quantitative estimate of drug-likeness (QED) is 0.598. The molecule has 0 saturated carbocycles. The average molecular weight is 271 g/mol. The molecule has 0 spiro atoms. The van der Waals surface area contributed by atoms with Gasteiger partial charge >= 0.3 is 6.18 Å². The second-order valence-corrected chi connectivity index (χ2v) is 3.53. The van der Waals surface area contributed by atoms with Crippen LogP contribution in [-0.2, 0) is 0 Å². The van der Waals surface area contributed by atoms with Crippen molar-refractivity contribution in [3.05, 3.63) is 35.1 Å². The lowest BCUT2D eigenvalue weighted by atomic mass is 10.2. The number of halogens is 6. The summed E-state index contributed by atoms with van der Waals surface area (Å²) in [5.74, 6) is -6.33. The largest absolute Gasteiger partial charge is 0.406 e. The number of carbonyl (C=O) groups is 1. The molecule has 1 amide bonds. The molecule has 1 aromatic carbocycles. The van der Waals surface area contributed by atoms with Gasteiger partial charge in [-0.15, -0.1) is 0 Å². The van der Waals surface area contributed by atoms with Crippen LogP contribution in [0.3, 0.4) is 0 Å². The van der Waals surface area contributed by atoms with Gasteiger partial charge in [0, 0.05) is 12.6 Å². The first-order chi connectivity index (χ1) is 8.11. The molecule has 0 aliphatic carbocycles. The van der Waals surface area contributed by atoms with Crippen LogP contribution in [0.4, 0.5) is 26.3 Å². The van der Waals surface area contributed by atoms with Crippen LogP contribution >= 0.6 is 0 Å². The van der Waals surface area contributed by atoms with E-state index in [9.17, 15) is 31.1 Å². The van der Waals surface area contributed by atoms with Gasteiger partial charge in [0.25, 0.3) is 5.91 Å². The van der Waals surface area contributed by atoms with E-state index in [0.29, 0.717) is 12.1 Å². The van der Waals surface area contributed by atoms with Crippen molar-refractivity contribution in [3.63, 3.8) is 0 Å². The van der Waals surface area contributed by atoms with Gasteiger partial charge in [-0.3, -0.25) is 4.79 Å². The van der Waals surface area contributed by atoms with Gasteiger partial charge in [-0.1, -0.05) is 0 Å². The van der Waals surface area contributed by atoms with Crippen molar-refractivity contribution >= 4 is 5.91 Å². The molecule has 1 aromatic rings. The molecule has 0 aliphatic rings. The van der Waals surface area contributed by atoms with Crippen molar-refractivity contribution < 1.29 is 31.1 Å². The smallest absolute Gasteiger partial charge is 0.333 e. The van der Waals surface area contributed by atoms with E-state index in [1.165, 1.54) is 0 Å². The molecule has 18 heavy (non-hydrogen) atoms. The zero-order valence-corrected chi connectivity index (χ0v) is 8.99. The molecule has 8 heteroatoms. The predicted octanol–water partition coefficient (Wildman–Crippen LogP) is 2.74. The minimum atomic E-state index is -4.64. The van der Waals surface area contributed by atoms with Crippen molar-refractivity contribution in [1.82, 2.24) is 4.90 Å². The average Bonchev–Trinajstić information content (AvgIpc) is 2.21. The first kappa shape index (κ1) is 14.3. The zero-order chi connectivity index (χ0) is 14.1. The Kier molecular flexibility index (Phi) is 3.88. The molecule has 0 saturated heterocycles. The molecule has 0 bridgehead atoms. The van der Waals surface area contributed by atoms with Gasteiger partial charge in [0.15, 0.2) is 17.5 Å². The Morgan fingerprint density at radius 3 is 2.00 bits per heavy atom. The Labute approximate surface area is 97.8 Å². The Morgan fingerprint density at radius 2 is 1.61 bits per heavy atom. The molecule has 0 N–H and O–H groups in total. The number of hydrogen-bond donors (Lipinski definition) is 0. The molecule has 0 unspecified atom stereocenters. The first-order valence-corrected chi connectivity index (χ1v) is 4.58. The van der Waals surface area contributed by atoms with Crippen LogP contribution in [0.5, 0.6) is 0 Å². The maximum Gasteiger partial charge on any atom is 0.406 e.